The van der Waals surface area contributed by atoms with Gasteiger partial charge in [-0.25, -0.2) is 9.97 Å². The Hall–Kier alpha value is -1.41. The maximum absolute atomic E-state index is 12.1. The Labute approximate surface area is 124 Å². The first-order chi connectivity index (χ1) is 8.96. The predicted octanol–water partition coefficient (Wildman–Crippen LogP) is 3.20. The number of nitrogens with zero attached hydrogens (tertiary/aromatic N) is 3. The van der Waals surface area contributed by atoms with E-state index in [9.17, 15) is 13.2 Å². The van der Waals surface area contributed by atoms with Gasteiger partial charge in [0.15, 0.2) is 0 Å². The number of thioether (sulfide) groups is 1. The molecule has 0 fully saturated rings. The number of hydrogen-bond donors (Lipinski definition) is 1. The number of hydrogen-bond acceptors (Lipinski definition) is 4. The molecule has 0 unspecified atom stereocenters. The smallest absolute Gasteiger partial charge is 0.384 e. The van der Waals surface area contributed by atoms with Crippen LogP contribution in [0.15, 0.2) is 30.7 Å². The first-order valence-electron chi connectivity index (χ1n) is 5.39. The van der Waals surface area contributed by atoms with E-state index in [1.54, 1.807) is 29.1 Å². The molecule has 4 nitrogen and oxygen atoms in total. The zero-order valence-electron chi connectivity index (χ0n) is 10.2. The Morgan fingerprint density at radius 3 is 2.65 bits per heavy atom. The second-order valence-electron chi connectivity index (χ2n) is 3.71. The van der Waals surface area contributed by atoms with Crippen molar-refractivity contribution in [3.63, 3.8) is 0 Å². The lowest BCUT2D eigenvalue weighted by atomic mass is 10.2. The Bertz CT molecular complexity index is 559. The van der Waals surface area contributed by atoms with Crippen LogP contribution in [0.2, 0.25) is 0 Å². The van der Waals surface area contributed by atoms with E-state index in [4.69, 9.17) is 5.73 Å². The molecule has 2 heterocycles. The molecule has 0 bridgehead atoms. The summed E-state index contributed by atoms with van der Waals surface area (Å²) in [6.07, 6.45) is 4.72. The lowest BCUT2D eigenvalue weighted by molar-refractivity contribution is -0.0328. The summed E-state index contributed by atoms with van der Waals surface area (Å²) in [5, 5.41) is 0. The summed E-state index contributed by atoms with van der Waals surface area (Å²) in [7, 11) is 0. The highest BCUT2D eigenvalue weighted by Gasteiger charge is 2.27. The van der Waals surface area contributed by atoms with Crippen molar-refractivity contribution in [3.8, 4) is 11.4 Å². The molecule has 2 aromatic rings. The van der Waals surface area contributed by atoms with Gasteiger partial charge in [-0.2, -0.15) is 13.2 Å². The maximum Gasteiger partial charge on any atom is 0.441 e. The van der Waals surface area contributed by atoms with Crippen molar-refractivity contribution in [2.45, 2.75) is 12.1 Å². The fourth-order valence-corrected chi connectivity index (χ4v) is 2.12. The van der Waals surface area contributed by atoms with Gasteiger partial charge in [0.2, 0.25) is 0 Å². The SMILES string of the molecule is Cl.Nc1cc(-c2nccn2CCSC(F)(F)F)ccn1. The van der Waals surface area contributed by atoms with Crippen LogP contribution in [0.4, 0.5) is 19.0 Å². The van der Waals surface area contributed by atoms with Crippen LogP contribution in [0.1, 0.15) is 0 Å². The summed E-state index contributed by atoms with van der Waals surface area (Å²) >= 11 is -0.0468. The van der Waals surface area contributed by atoms with Gasteiger partial charge in [0.25, 0.3) is 0 Å². The van der Waals surface area contributed by atoms with Crippen molar-refractivity contribution in [1.82, 2.24) is 14.5 Å². The zero-order valence-corrected chi connectivity index (χ0v) is 11.8. The van der Waals surface area contributed by atoms with Gasteiger partial charge in [-0.3, -0.25) is 0 Å². The van der Waals surface area contributed by atoms with E-state index >= 15 is 0 Å². The van der Waals surface area contributed by atoms with Crippen molar-refractivity contribution in [2.24, 2.45) is 0 Å². The molecule has 2 N–H and O–H groups in total. The van der Waals surface area contributed by atoms with E-state index in [2.05, 4.69) is 9.97 Å². The van der Waals surface area contributed by atoms with Crippen molar-refractivity contribution in [2.75, 3.05) is 11.5 Å². The minimum absolute atomic E-state index is 0. The molecule has 2 aromatic heterocycles. The number of imidazole rings is 1. The van der Waals surface area contributed by atoms with E-state index < -0.39 is 5.51 Å². The monoisotopic (exact) mass is 324 g/mol. The maximum atomic E-state index is 12.1. The van der Waals surface area contributed by atoms with Gasteiger partial charge in [-0.1, -0.05) is 0 Å². The Balaban J connectivity index is 0.00000200. The van der Waals surface area contributed by atoms with Crippen LogP contribution in [0.25, 0.3) is 11.4 Å². The van der Waals surface area contributed by atoms with Gasteiger partial charge in [-0.15, -0.1) is 12.4 Å². The van der Waals surface area contributed by atoms with E-state index in [0.29, 0.717) is 11.6 Å². The summed E-state index contributed by atoms with van der Waals surface area (Å²) in [4.78, 5) is 7.99. The molecular formula is C11H12ClF3N4S. The molecule has 0 aliphatic heterocycles. The zero-order chi connectivity index (χ0) is 13.9. The fraction of sp³-hybridized carbons (Fsp3) is 0.273. The predicted molar refractivity (Wildman–Crippen MR) is 75.6 cm³/mol. The van der Waals surface area contributed by atoms with E-state index in [0.717, 1.165) is 5.56 Å². The van der Waals surface area contributed by atoms with Crippen LogP contribution in [0, 0.1) is 0 Å². The molecule has 0 radical (unpaired) electrons. The number of anilines is 1. The normalized spacial score (nSPS) is 11.2. The van der Waals surface area contributed by atoms with E-state index in [1.165, 1.54) is 6.20 Å². The highest BCUT2D eigenvalue weighted by Crippen LogP contribution is 2.30. The minimum Gasteiger partial charge on any atom is -0.384 e. The molecule has 0 aliphatic rings. The van der Waals surface area contributed by atoms with Crippen molar-refractivity contribution in [1.29, 1.82) is 0 Å². The van der Waals surface area contributed by atoms with Gasteiger partial charge < -0.3 is 10.3 Å². The van der Waals surface area contributed by atoms with E-state index in [-0.39, 0.29) is 36.5 Å². The summed E-state index contributed by atoms with van der Waals surface area (Å²) in [5.74, 6) is 0.863. The van der Waals surface area contributed by atoms with Crippen molar-refractivity contribution >= 4 is 30.0 Å². The molecule has 0 aromatic carbocycles. The summed E-state index contributed by atoms with van der Waals surface area (Å²) in [5.41, 5.74) is 2.10. The first kappa shape index (κ1) is 16.6. The molecule has 0 aliphatic carbocycles. The topological polar surface area (TPSA) is 56.7 Å². The third-order valence-corrected chi connectivity index (χ3v) is 3.07. The standard InChI is InChI=1S/C11H11F3N4S.ClH/c12-11(13,14)19-6-5-18-4-3-17-10(18)8-1-2-16-9(15)7-8;/h1-4,7H,5-6H2,(H2,15,16);1H. The number of rotatable bonds is 4. The average molecular weight is 325 g/mol. The molecule has 0 atom stereocenters. The largest absolute Gasteiger partial charge is 0.441 e. The van der Waals surface area contributed by atoms with Crippen LogP contribution in [0.3, 0.4) is 0 Å². The number of halogens is 4. The molecule has 0 spiro atoms. The molecular weight excluding hydrogens is 313 g/mol. The highest BCUT2D eigenvalue weighted by molar-refractivity contribution is 8.00. The molecule has 0 saturated heterocycles. The fourth-order valence-electron chi connectivity index (χ4n) is 1.60. The molecule has 0 saturated carbocycles. The van der Waals surface area contributed by atoms with Crippen LogP contribution in [-0.2, 0) is 6.54 Å². The van der Waals surface area contributed by atoms with Crippen LogP contribution in [0.5, 0.6) is 0 Å². The quantitative estimate of drug-likeness (QED) is 0.938. The number of aromatic nitrogens is 3. The first-order valence-corrected chi connectivity index (χ1v) is 6.38. The van der Waals surface area contributed by atoms with Gasteiger partial charge >= 0.3 is 5.51 Å². The second kappa shape index (κ2) is 6.85. The van der Waals surface area contributed by atoms with Gasteiger partial charge in [0, 0.05) is 36.5 Å². The molecule has 9 heteroatoms. The molecule has 2 rings (SSSR count). The second-order valence-corrected chi connectivity index (χ2v) is 4.87. The van der Waals surface area contributed by atoms with Gasteiger partial charge in [-0.05, 0) is 23.9 Å². The van der Waals surface area contributed by atoms with Gasteiger partial charge in [0.1, 0.15) is 11.6 Å². The Kier molecular flexibility index (Phi) is 5.70. The number of aryl methyl sites for hydroxylation is 1. The molecule has 110 valence electrons. The van der Waals surface area contributed by atoms with Crippen molar-refractivity contribution in [3.05, 3.63) is 30.7 Å². The number of nitrogen functional groups attached to an aromatic ring is 1. The molecule has 20 heavy (non-hydrogen) atoms. The lowest BCUT2D eigenvalue weighted by Gasteiger charge is -2.09. The lowest BCUT2D eigenvalue weighted by Crippen LogP contribution is -2.07. The van der Waals surface area contributed by atoms with Crippen molar-refractivity contribution < 1.29 is 13.2 Å². The average Bonchev–Trinajstić information content (AvgIpc) is 2.75. The van der Waals surface area contributed by atoms with Crippen LogP contribution < -0.4 is 5.73 Å². The Morgan fingerprint density at radius 1 is 1.25 bits per heavy atom. The third-order valence-electron chi connectivity index (χ3n) is 2.35. The minimum atomic E-state index is -4.21. The number of nitrogens with two attached hydrogens (primary N) is 1. The van der Waals surface area contributed by atoms with E-state index in [1.807, 2.05) is 0 Å². The van der Waals surface area contributed by atoms with Crippen LogP contribution >= 0.6 is 24.2 Å². The van der Waals surface area contributed by atoms with Gasteiger partial charge in [0.05, 0.1) is 0 Å². The summed E-state index contributed by atoms with van der Waals surface area (Å²) in [6.45, 7) is 0.224. The number of alkyl halides is 3. The van der Waals surface area contributed by atoms with Crippen LogP contribution in [-0.4, -0.2) is 25.8 Å². The highest BCUT2D eigenvalue weighted by atomic mass is 35.5. The Morgan fingerprint density at radius 2 is 2.00 bits per heavy atom. The number of pyridine rings is 1. The third kappa shape index (κ3) is 4.61. The molecule has 0 amide bonds. The summed E-state index contributed by atoms with van der Waals surface area (Å²) in [6, 6.07) is 3.35. The summed E-state index contributed by atoms with van der Waals surface area (Å²) < 4.78 is 37.9.